The first-order chi connectivity index (χ1) is 40.5. The van der Waals surface area contributed by atoms with Crippen LogP contribution in [0.5, 0.6) is 0 Å². The van der Waals surface area contributed by atoms with Gasteiger partial charge in [-0.3, -0.25) is 0 Å². The summed E-state index contributed by atoms with van der Waals surface area (Å²) in [7, 11) is -0.556. The number of nitrogens with two attached hydrogens (primary N) is 2. The zero-order valence-electron chi connectivity index (χ0n) is 49.2. The van der Waals surface area contributed by atoms with Crippen molar-refractivity contribution in [2.45, 2.75) is 91.5 Å². The van der Waals surface area contributed by atoms with Gasteiger partial charge >= 0.3 is 25.4 Å². The van der Waals surface area contributed by atoms with E-state index in [0.717, 1.165) is 103 Å². The number of halogens is 4. The summed E-state index contributed by atoms with van der Waals surface area (Å²) < 4.78 is 60.8. The third kappa shape index (κ3) is 16.1. The second kappa shape index (κ2) is 26.9. The number of likely N-dealkylation sites (tertiary alicyclic amines) is 2. The smallest absolute Gasteiger partial charge is 0.399 e. The van der Waals surface area contributed by atoms with Crippen LogP contribution in [0.1, 0.15) is 71.4 Å². The molecule has 6 N–H and O–H groups in total. The van der Waals surface area contributed by atoms with Gasteiger partial charge in [0.1, 0.15) is 11.6 Å². The lowest BCUT2D eigenvalue weighted by atomic mass is 9.76. The standard InChI is InChI=1S/C27H33N7O2.C20H28BF3N2O3.C13H14ClN5O/c1-3-19-7-9-34(17-19)27(35)30-21-5-4-18(2)22(16-21)20-14-24(23-6-8-29-26(28)32-23)31-25(15-20)33-10-12-36-13-11-33;1-13-6-7-15(10-16(13)21-28-18(2,3)19(4,5)29-21)25-17(27)26-9-8-14(12-26)11-20(22,23)24;14-9-7-11(10-1-2-16-13(15)18-10)17-12(8-9)19-3-5-20-6-4-19/h4-6,8,14-16,19H,3,7,9-13,17H2,1-2H3,(H,30,35)(H2,28,29,32);6-7,10,14H,8-9,11-12H2,1-5H3,(H,25,27);1-2,7-8H,3-6H2,(H2,15,16,18)/t19-;14-;/m10./s1. The van der Waals surface area contributed by atoms with Crippen LogP contribution in [-0.2, 0) is 18.8 Å². The van der Waals surface area contributed by atoms with Crippen molar-refractivity contribution in [2.24, 2.45) is 11.8 Å². The Balaban J connectivity index is 0.000000159. The molecule has 6 aromatic rings. The number of rotatable bonds is 10. The Morgan fingerprint density at radius 1 is 0.647 bits per heavy atom. The van der Waals surface area contributed by atoms with Crippen molar-refractivity contribution >= 4 is 71.2 Å². The van der Waals surface area contributed by atoms with Crippen LogP contribution in [0.25, 0.3) is 33.9 Å². The maximum Gasteiger partial charge on any atom is 0.495 e. The molecule has 9 heterocycles. The second-order valence-electron chi connectivity index (χ2n) is 22.9. The molecular formula is C60H75BClF3N14O6. The molecule has 0 spiro atoms. The first kappa shape index (κ1) is 62.2. The van der Waals surface area contributed by atoms with Crippen LogP contribution in [0.2, 0.25) is 5.02 Å². The lowest BCUT2D eigenvalue weighted by Gasteiger charge is -2.32. The number of hydrogen-bond acceptors (Lipinski definition) is 16. The number of pyridine rings is 2. The zero-order chi connectivity index (χ0) is 60.6. The molecule has 20 nitrogen and oxygen atoms in total. The minimum Gasteiger partial charge on any atom is -0.399 e. The lowest BCUT2D eigenvalue weighted by molar-refractivity contribution is -0.143. The van der Waals surface area contributed by atoms with Gasteiger partial charge < -0.3 is 60.5 Å². The Morgan fingerprint density at radius 3 is 1.66 bits per heavy atom. The molecule has 11 rings (SSSR count). The fraction of sp³-hybridized carbons (Fsp3) is 0.467. The summed E-state index contributed by atoms with van der Waals surface area (Å²) in [6.07, 6.45) is 0.726. The number of urea groups is 2. The predicted molar refractivity (Wildman–Crippen MR) is 326 cm³/mol. The van der Waals surface area contributed by atoms with Gasteiger partial charge in [-0.15, -0.1) is 0 Å². The van der Waals surface area contributed by atoms with Crippen LogP contribution in [-0.4, -0.2) is 155 Å². The first-order valence-electron chi connectivity index (χ1n) is 28.8. The third-order valence-corrected chi connectivity index (χ3v) is 16.4. The first-order valence-corrected chi connectivity index (χ1v) is 29.2. The summed E-state index contributed by atoms with van der Waals surface area (Å²) >= 11 is 6.19. The number of alkyl halides is 3. The normalized spacial score (nSPS) is 19.2. The molecule has 0 bridgehead atoms. The number of amides is 4. The lowest BCUT2D eigenvalue weighted by Crippen LogP contribution is -2.41. The van der Waals surface area contributed by atoms with Crippen LogP contribution in [0.3, 0.4) is 0 Å². The summed E-state index contributed by atoms with van der Waals surface area (Å²) in [4.78, 5) is 59.1. The Bertz CT molecular complexity index is 3300. The fourth-order valence-electron chi connectivity index (χ4n) is 10.6. The van der Waals surface area contributed by atoms with E-state index >= 15 is 0 Å². The molecule has 25 heteroatoms. The van der Waals surface area contributed by atoms with Gasteiger partial charge in [-0.05, 0) is 149 Å². The molecule has 5 aliphatic heterocycles. The summed E-state index contributed by atoms with van der Waals surface area (Å²) in [6.45, 7) is 22.0. The fourth-order valence-corrected chi connectivity index (χ4v) is 10.8. The largest absolute Gasteiger partial charge is 0.495 e. The number of hydrogen-bond donors (Lipinski definition) is 4. The van der Waals surface area contributed by atoms with Crippen molar-refractivity contribution < 1.29 is 41.5 Å². The van der Waals surface area contributed by atoms with E-state index in [-0.39, 0.29) is 24.5 Å². The van der Waals surface area contributed by atoms with E-state index in [4.69, 9.17) is 46.8 Å². The number of nitrogen functional groups attached to an aromatic ring is 2. The Labute approximate surface area is 499 Å². The molecule has 0 radical (unpaired) electrons. The number of carbonyl (C=O) groups excluding carboxylic acids is 2. The van der Waals surface area contributed by atoms with Gasteiger partial charge in [0.05, 0.1) is 60.4 Å². The maximum atomic E-state index is 12.9. The molecule has 4 amide bonds. The Morgan fingerprint density at radius 2 is 1.14 bits per heavy atom. The van der Waals surface area contributed by atoms with Gasteiger partial charge in [0.15, 0.2) is 0 Å². The number of carbonyl (C=O) groups is 2. The van der Waals surface area contributed by atoms with E-state index in [1.165, 1.54) is 4.90 Å². The van der Waals surface area contributed by atoms with Gasteiger partial charge in [0.25, 0.3) is 0 Å². The van der Waals surface area contributed by atoms with Crippen molar-refractivity contribution in [2.75, 3.05) is 111 Å². The van der Waals surface area contributed by atoms with Gasteiger partial charge in [0, 0.05) is 87.6 Å². The average Bonchev–Trinajstić information content (AvgIpc) is 2.60. The molecule has 5 fully saturated rings. The number of nitrogens with one attached hydrogen (secondary N) is 2. The van der Waals surface area contributed by atoms with Crippen molar-refractivity contribution in [3.63, 3.8) is 0 Å². The van der Waals surface area contributed by atoms with Crippen molar-refractivity contribution in [3.05, 3.63) is 101 Å². The molecular weight excluding hydrogens is 1120 g/mol. The van der Waals surface area contributed by atoms with E-state index < -0.39 is 42.9 Å². The number of aromatic nitrogens is 6. The monoisotopic (exact) mass is 1190 g/mol. The van der Waals surface area contributed by atoms with Crippen LogP contribution >= 0.6 is 11.6 Å². The molecule has 85 heavy (non-hydrogen) atoms. The van der Waals surface area contributed by atoms with Gasteiger partial charge in [0.2, 0.25) is 11.9 Å². The zero-order valence-corrected chi connectivity index (χ0v) is 50.0. The number of morpholine rings is 2. The number of ether oxygens (including phenoxy) is 2. The summed E-state index contributed by atoms with van der Waals surface area (Å²) in [6, 6.07) is 22.4. The highest BCUT2D eigenvalue weighted by Crippen LogP contribution is 2.38. The molecule has 2 aromatic carbocycles. The van der Waals surface area contributed by atoms with Crippen LogP contribution in [0.4, 0.5) is 57.7 Å². The number of benzene rings is 2. The summed E-state index contributed by atoms with van der Waals surface area (Å²) in [5.41, 5.74) is 19.5. The Hall–Kier alpha value is -7.38. The predicted octanol–water partition coefficient (Wildman–Crippen LogP) is 9.91. The minimum atomic E-state index is -4.20. The maximum absolute atomic E-state index is 12.9. The van der Waals surface area contributed by atoms with Crippen LogP contribution in [0.15, 0.2) is 85.2 Å². The van der Waals surface area contributed by atoms with Crippen molar-refractivity contribution in [3.8, 4) is 33.9 Å². The number of aryl methyl sites for hydroxylation is 2. The van der Waals surface area contributed by atoms with E-state index in [0.29, 0.717) is 73.1 Å². The number of nitrogens with zero attached hydrogens (tertiary/aromatic N) is 10. The highest BCUT2D eigenvalue weighted by atomic mass is 35.5. The number of anilines is 6. The topological polar surface area (TPSA) is 237 Å². The van der Waals surface area contributed by atoms with Gasteiger partial charge in [-0.25, -0.2) is 39.5 Å². The minimum absolute atomic E-state index is 0.0402. The Kier molecular flexibility index (Phi) is 19.7. The molecule has 0 aliphatic carbocycles. The average molecular weight is 1190 g/mol. The second-order valence-corrected chi connectivity index (χ2v) is 23.3. The van der Waals surface area contributed by atoms with E-state index in [1.54, 1.807) is 36.7 Å². The van der Waals surface area contributed by atoms with Crippen molar-refractivity contribution in [1.82, 2.24) is 39.7 Å². The van der Waals surface area contributed by atoms with Crippen LogP contribution in [0, 0.1) is 25.7 Å². The van der Waals surface area contributed by atoms with Crippen LogP contribution < -0.4 is 37.4 Å². The molecule has 2 atom stereocenters. The third-order valence-electron chi connectivity index (χ3n) is 16.2. The molecule has 5 aliphatic rings. The highest BCUT2D eigenvalue weighted by Gasteiger charge is 2.52. The van der Waals surface area contributed by atoms with E-state index in [9.17, 15) is 22.8 Å². The van der Waals surface area contributed by atoms with Crippen molar-refractivity contribution in [1.29, 1.82) is 0 Å². The molecule has 4 aromatic heterocycles. The molecule has 0 saturated carbocycles. The van der Waals surface area contributed by atoms with E-state index in [2.05, 4.69) is 65.3 Å². The highest BCUT2D eigenvalue weighted by molar-refractivity contribution is 6.62. The van der Waals surface area contributed by atoms with E-state index in [1.807, 2.05) is 82.0 Å². The summed E-state index contributed by atoms with van der Waals surface area (Å²) in [5, 5.41) is 6.52. The quantitative estimate of drug-likeness (QED) is 0.0934. The molecule has 5 saturated heterocycles. The SMILES string of the molecule is CC[C@@H]1CCN(C(=O)Nc2ccc(C)c(-c3cc(-c4ccnc(N)n4)nc(N4CCOCC4)c3)c2)C1.Cc1ccc(NC(=O)N2CC[C@@H](CC(F)(F)F)C2)cc1B1OC(C)(C)C(C)(C)O1.Nc1nccc(-c2cc(Cl)cc(N3CCOCC3)n2)n1. The molecule has 452 valence electrons. The molecule has 0 unspecified atom stereocenters. The van der Waals surface area contributed by atoms with Gasteiger partial charge in [-0.2, -0.15) is 13.2 Å². The summed E-state index contributed by atoms with van der Waals surface area (Å²) in [5.74, 6) is 2.17. The van der Waals surface area contributed by atoms with Gasteiger partial charge in [-0.1, -0.05) is 42.6 Å².